The summed E-state index contributed by atoms with van der Waals surface area (Å²) in [6.07, 6.45) is -4.39. The molecule has 0 aliphatic carbocycles. The molecule has 3 nitrogen and oxygen atoms in total. The van der Waals surface area contributed by atoms with Crippen molar-refractivity contribution in [1.29, 1.82) is 0 Å². The van der Waals surface area contributed by atoms with Crippen LogP contribution in [0.4, 0.5) is 18.9 Å². The van der Waals surface area contributed by atoms with Crippen LogP contribution in [0.2, 0.25) is 0 Å². The summed E-state index contributed by atoms with van der Waals surface area (Å²) >= 11 is 0. The molecule has 2 N–H and O–H groups in total. The van der Waals surface area contributed by atoms with E-state index in [4.69, 9.17) is 5.11 Å². The Hall–Kier alpha value is -2.50. The maximum Gasteiger partial charge on any atom is 0.416 e. The Morgan fingerprint density at radius 1 is 1.10 bits per heavy atom. The van der Waals surface area contributed by atoms with Crippen LogP contribution in [-0.4, -0.2) is 11.1 Å². The molecule has 0 aromatic heterocycles. The van der Waals surface area contributed by atoms with Gasteiger partial charge >= 0.3 is 12.1 Å². The van der Waals surface area contributed by atoms with Crippen molar-refractivity contribution in [3.8, 4) is 0 Å². The number of carbonyl (C=O) groups is 1. The molecule has 6 heteroatoms. The first-order valence-corrected chi connectivity index (χ1v) is 6.09. The molecule has 0 unspecified atom stereocenters. The number of hydrogen-bond donors (Lipinski definition) is 2. The van der Waals surface area contributed by atoms with Gasteiger partial charge in [-0.15, -0.1) is 0 Å². The minimum absolute atomic E-state index is 0.137. The summed E-state index contributed by atoms with van der Waals surface area (Å²) in [4.78, 5) is 10.8. The Labute approximate surface area is 119 Å². The first-order valence-electron chi connectivity index (χ1n) is 6.09. The molecule has 0 amide bonds. The van der Waals surface area contributed by atoms with Gasteiger partial charge in [-0.05, 0) is 35.9 Å². The van der Waals surface area contributed by atoms with Gasteiger partial charge in [0.1, 0.15) is 0 Å². The van der Waals surface area contributed by atoms with Crippen LogP contribution in [0.5, 0.6) is 0 Å². The third-order valence-corrected chi connectivity index (χ3v) is 2.86. The molecule has 0 aliphatic heterocycles. The number of halogens is 3. The van der Waals surface area contributed by atoms with Crippen LogP contribution in [0.25, 0.3) is 0 Å². The fourth-order valence-electron chi connectivity index (χ4n) is 1.82. The molecule has 0 radical (unpaired) electrons. The van der Waals surface area contributed by atoms with Crippen LogP contribution >= 0.6 is 0 Å². The molecule has 0 fully saturated rings. The maximum atomic E-state index is 12.6. The van der Waals surface area contributed by atoms with E-state index in [0.717, 1.165) is 12.1 Å². The summed E-state index contributed by atoms with van der Waals surface area (Å²) in [5.41, 5.74) is 0.406. The van der Waals surface area contributed by atoms with E-state index in [0.29, 0.717) is 11.3 Å². The van der Waals surface area contributed by atoms with Crippen LogP contribution in [0.3, 0.4) is 0 Å². The number of alkyl halides is 3. The Morgan fingerprint density at radius 2 is 1.81 bits per heavy atom. The number of benzene rings is 2. The molecule has 0 spiro atoms. The molecule has 21 heavy (non-hydrogen) atoms. The monoisotopic (exact) mass is 295 g/mol. The van der Waals surface area contributed by atoms with Gasteiger partial charge < -0.3 is 10.4 Å². The highest BCUT2D eigenvalue weighted by Gasteiger charge is 2.30. The molecular weight excluding hydrogens is 283 g/mol. The molecule has 110 valence electrons. The average Bonchev–Trinajstić information content (AvgIpc) is 2.45. The number of nitrogens with one attached hydrogen (secondary N) is 1. The topological polar surface area (TPSA) is 49.3 Å². The van der Waals surface area contributed by atoms with Gasteiger partial charge in [-0.1, -0.05) is 18.2 Å². The lowest BCUT2D eigenvalue weighted by atomic mass is 10.1. The van der Waals surface area contributed by atoms with Crippen LogP contribution in [-0.2, 0) is 12.7 Å². The largest absolute Gasteiger partial charge is 0.478 e. The summed E-state index contributed by atoms with van der Waals surface area (Å²) in [6, 6.07) is 11.1. The Balaban J connectivity index is 2.10. The Kier molecular flexibility index (Phi) is 4.16. The first-order chi connectivity index (χ1) is 9.86. The summed E-state index contributed by atoms with van der Waals surface area (Å²) in [7, 11) is 0. The molecule has 0 saturated carbocycles. The molecule has 0 aliphatic rings. The predicted molar refractivity (Wildman–Crippen MR) is 72.2 cm³/mol. The molecule has 2 aromatic rings. The van der Waals surface area contributed by atoms with E-state index >= 15 is 0 Å². The van der Waals surface area contributed by atoms with E-state index in [2.05, 4.69) is 5.32 Å². The first kappa shape index (κ1) is 14.9. The van der Waals surface area contributed by atoms with Crippen LogP contribution in [0, 0.1) is 0 Å². The van der Waals surface area contributed by atoms with Gasteiger partial charge in [0.25, 0.3) is 0 Å². The highest BCUT2D eigenvalue weighted by atomic mass is 19.4. The third-order valence-electron chi connectivity index (χ3n) is 2.86. The third kappa shape index (κ3) is 3.98. The van der Waals surface area contributed by atoms with Gasteiger partial charge in [0.2, 0.25) is 0 Å². The van der Waals surface area contributed by atoms with E-state index in [1.165, 1.54) is 24.3 Å². The predicted octanol–water partition coefficient (Wildman–Crippen LogP) is 4.02. The lowest BCUT2D eigenvalue weighted by Gasteiger charge is -2.11. The number of carboxylic acids is 1. The Bertz CT molecular complexity index is 653. The van der Waals surface area contributed by atoms with Crippen molar-refractivity contribution in [3.05, 3.63) is 65.2 Å². The molecule has 2 aromatic carbocycles. The van der Waals surface area contributed by atoms with Crippen molar-refractivity contribution in [2.45, 2.75) is 12.7 Å². The summed E-state index contributed by atoms with van der Waals surface area (Å²) < 4.78 is 37.7. The van der Waals surface area contributed by atoms with Crippen LogP contribution in [0.15, 0.2) is 48.5 Å². The van der Waals surface area contributed by atoms with Crippen molar-refractivity contribution < 1.29 is 23.1 Å². The molecule has 2 rings (SSSR count). The van der Waals surface area contributed by atoms with Crippen molar-refractivity contribution in [2.75, 3.05) is 5.32 Å². The SMILES string of the molecule is O=C(O)c1cccc(CNc2cccc(C(F)(F)F)c2)c1. The molecule has 0 atom stereocenters. The van der Waals surface area contributed by atoms with Gasteiger partial charge in [-0.25, -0.2) is 4.79 Å². The number of hydrogen-bond acceptors (Lipinski definition) is 2. The maximum absolute atomic E-state index is 12.6. The molecule has 0 saturated heterocycles. The minimum atomic E-state index is -4.39. The zero-order valence-electron chi connectivity index (χ0n) is 10.8. The van der Waals surface area contributed by atoms with Crippen molar-refractivity contribution in [3.63, 3.8) is 0 Å². The zero-order chi connectivity index (χ0) is 15.5. The minimum Gasteiger partial charge on any atom is -0.478 e. The summed E-state index contributed by atoms with van der Waals surface area (Å²) in [5, 5.41) is 11.7. The van der Waals surface area contributed by atoms with E-state index in [1.807, 2.05) is 0 Å². The smallest absolute Gasteiger partial charge is 0.416 e. The Morgan fingerprint density at radius 3 is 2.48 bits per heavy atom. The average molecular weight is 295 g/mol. The van der Waals surface area contributed by atoms with E-state index in [-0.39, 0.29) is 12.1 Å². The second-order valence-corrected chi connectivity index (χ2v) is 4.44. The van der Waals surface area contributed by atoms with Crippen LogP contribution < -0.4 is 5.32 Å². The summed E-state index contributed by atoms with van der Waals surface area (Å²) in [5.74, 6) is -1.05. The highest BCUT2D eigenvalue weighted by Crippen LogP contribution is 2.30. The van der Waals surface area contributed by atoms with Crippen molar-refractivity contribution in [1.82, 2.24) is 0 Å². The van der Waals surface area contributed by atoms with Gasteiger partial charge in [-0.2, -0.15) is 13.2 Å². The fourth-order valence-corrected chi connectivity index (χ4v) is 1.82. The number of rotatable bonds is 4. The standard InChI is InChI=1S/C15H12F3NO2/c16-15(17,18)12-5-2-6-13(8-12)19-9-10-3-1-4-11(7-10)14(20)21/h1-8,19H,9H2,(H,20,21). The summed E-state index contributed by atoms with van der Waals surface area (Å²) in [6.45, 7) is 0.239. The number of anilines is 1. The van der Waals surface area contributed by atoms with Crippen molar-refractivity contribution >= 4 is 11.7 Å². The fraction of sp³-hybridized carbons (Fsp3) is 0.133. The van der Waals surface area contributed by atoms with Crippen LogP contribution in [0.1, 0.15) is 21.5 Å². The van der Waals surface area contributed by atoms with Crippen molar-refractivity contribution in [2.24, 2.45) is 0 Å². The second-order valence-electron chi connectivity index (χ2n) is 4.44. The quantitative estimate of drug-likeness (QED) is 0.895. The lowest BCUT2D eigenvalue weighted by Crippen LogP contribution is -2.06. The van der Waals surface area contributed by atoms with E-state index in [1.54, 1.807) is 12.1 Å². The van der Waals surface area contributed by atoms with Gasteiger partial charge in [0.05, 0.1) is 11.1 Å². The number of aromatic carboxylic acids is 1. The molecule has 0 heterocycles. The number of carboxylic acid groups (broad SMARTS) is 1. The normalized spacial score (nSPS) is 11.2. The van der Waals surface area contributed by atoms with Gasteiger partial charge in [-0.3, -0.25) is 0 Å². The van der Waals surface area contributed by atoms with E-state index in [9.17, 15) is 18.0 Å². The molecular formula is C15H12F3NO2. The highest BCUT2D eigenvalue weighted by molar-refractivity contribution is 5.87. The molecule has 0 bridgehead atoms. The second kappa shape index (κ2) is 5.87. The lowest BCUT2D eigenvalue weighted by molar-refractivity contribution is -0.137. The van der Waals surface area contributed by atoms with Gasteiger partial charge in [0.15, 0.2) is 0 Å². The van der Waals surface area contributed by atoms with E-state index < -0.39 is 17.7 Å². The zero-order valence-corrected chi connectivity index (χ0v) is 10.8. The van der Waals surface area contributed by atoms with Gasteiger partial charge in [0, 0.05) is 12.2 Å².